The molecule has 1 unspecified atom stereocenters. The molecule has 0 bridgehead atoms. The quantitative estimate of drug-likeness (QED) is 0.698. The summed E-state index contributed by atoms with van der Waals surface area (Å²) in [6, 6.07) is 18.7. The molecule has 2 aromatic carbocycles. The molecule has 0 spiro atoms. The van der Waals surface area contributed by atoms with Crippen molar-refractivity contribution in [2.24, 2.45) is 5.92 Å². The van der Waals surface area contributed by atoms with E-state index in [1.54, 1.807) is 24.1 Å². The molecule has 1 fully saturated rings. The lowest BCUT2D eigenvalue weighted by molar-refractivity contribution is -0.126. The molecule has 1 aliphatic rings. The second kappa shape index (κ2) is 8.18. The van der Waals surface area contributed by atoms with Crippen LogP contribution in [0.25, 0.3) is 11.3 Å². The van der Waals surface area contributed by atoms with Gasteiger partial charge >= 0.3 is 0 Å². The van der Waals surface area contributed by atoms with Gasteiger partial charge in [0, 0.05) is 36.3 Å². The van der Waals surface area contributed by atoms with Gasteiger partial charge in [-0.25, -0.2) is 0 Å². The number of hydrogen-bond donors (Lipinski definition) is 1. The number of carbonyl (C=O) groups excluding carboxylic acids is 2. The second-order valence-corrected chi connectivity index (χ2v) is 6.87. The highest BCUT2D eigenvalue weighted by atomic mass is 16.5. The van der Waals surface area contributed by atoms with Crippen LogP contribution in [-0.2, 0) is 16.1 Å². The van der Waals surface area contributed by atoms with Gasteiger partial charge in [-0.1, -0.05) is 41.6 Å². The summed E-state index contributed by atoms with van der Waals surface area (Å²) in [5.41, 5.74) is 2.28. The molecule has 1 aromatic heterocycles. The van der Waals surface area contributed by atoms with Gasteiger partial charge in [-0.3, -0.25) is 9.59 Å². The van der Waals surface area contributed by atoms with Gasteiger partial charge in [-0.2, -0.15) is 0 Å². The van der Waals surface area contributed by atoms with E-state index < -0.39 is 5.92 Å². The Hall–Kier alpha value is -3.61. The number of nitrogens with zero attached hydrogens (tertiary/aromatic N) is 2. The first kappa shape index (κ1) is 18.7. The van der Waals surface area contributed by atoms with Gasteiger partial charge < -0.3 is 19.5 Å². The topological polar surface area (TPSA) is 84.7 Å². The number of ether oxygens (including phenoxy) is 1. The number of carbonyl (C=O) groups is 2. The van der Waals surface area contributed by atoms with E-state index in [4.69, 9.17) is 9.26 Å². The van der Waals surface area contributed by atoms with E-state index >= 15 is 0 Å². The highest BCUT2D eigenvalue weighted by molar-refractivity contribution is 6.00. The van der Waals surface area contributed by atoms with Crippen LogP contribution in [0.15, 0.2) is 65.2 Å². The Balaban J connectivity index is 1.36. The highest BCUT2D eigenvalue weighted by Crippen LogP contribution is 2.28. The number of amides is 2. The fourth-order valence-corrected chi connectivity index (χ4v) is 3.37. The molecular weight excluding hydrogens is 370 g/mol. The van der Waals surface area contributed by atoms with Gasteiger partial charge in [0.05, 0.1) is 19.6 Å². The van der Waals surface area contributed by atoms with E-state index in [9.17, 15) is 9.59 Å². The van der Waals surface area contributed by atoms with Gasteiger partial charge in [0.2, 0.25) is 11.8 Å². The van der Waals surface area contributed by atoms with Crippen LogP contribution >= 0.6 is 0 Å². The average Bonchev–Trinajstić information content (AvgIpc) is 3.39. The summed E-state index contributed by atoms with van der Waals surface area (Å²) in [5, 5.41) is 6.86. The number of aromatic nitrogens is 1. The number of methoxy groups -OCH3 is 1. The smallest absolute Gasteiger partial charge is 0.227 e. The van der Waals surface area contributed by atoms with E-state index in [1.807, 2.05) is 48.5 Å². The largest absolute Gasteiger partial charge is 0.497 e. The monoisotopic (exact) mass is 391 g/mol. The van der Waals surface area contributed by atoms with Gasteiger partial charge in [0.15, 0.2) is 5.76 Å². The molecular formula is C22H21N3O4. The summed E-state index contributed by atoms with van der Waals surface area (Å²) in [7, 11) is 1.58. The van der Waals surface area contributed by atoms with Crippen molar-refractivity contribution < 1.29 is 18.8 Å². The van der Waals surface area contributed by atoms with Crippen LogP contribution in [0.5, 0.6) is 5.75 Å². The first-order chi connectivity index (χ1) is 14.1. The summed E-state index contributed by atoms with van der Waals surface area (Å²) in [5.74, 6) is 0.659. The van der Waals surface area contributed by atoms with E-state index in [1.165, 1.54) is 0 Å². The summed E-state index contributed by atoms with van der Waals surface area (Å²) >= 11 is 0. The first-order valence-electron chi connectivity index (χ1n) is 9.37. The van der Waals surface area contributed by atoms with Gasteiger partial charge in [-0.05, 0) is 12.1 Å². The zero-order valence-corrected chi connectivity index (χ0v) is 16.0. The Kier molecular flexibility index (Phi) is 5.29. The maximum Gasteiger partial charge on any atom is 0.227 e. The third-order valence-electron chi connectivity index (χ3n) is 4.92. The lowest BCUT2D eigenvalue weighted by atomic mass is 10.1. The Bertz CT molecular complexity index is 1020. The molecule has 1 saturated heterocycles. The van der Waals surface area contributed by atoms with E-state index in [0.717, 1.165) is 11.3 Å². The molecule has 4 rings (SSSR count). The van der Waals surface area contributed by atoms with Gasteiger partial charge in [0.1, 0.15) is 11.4 Å². The van der Waals surface area contributed by atoms with Crippen molar-refractivity contribution in [1.82, 2.24) is 10.5 Å². The minimum absolute atomic E-state index is 0.0776. The van der Waals surface area contributed by atoms with Crippen LogP contribution in [0.3, 0.4) is 0 Å². The first-order valence-corrected chi connectivity index (χ1v) is 9.37. The lowest BCUT2D eigenvalue weighted by Crippen LogP contribution is -2.32. The second-order valence-electron chi connectivity index (χ2n) is 6.87. The minimum atomic E-state index is -0.408. The average molecular weight is 391 g/mol. The van der Waals surface area contributed by atoms with Crippen LogP contribution < -0.4 is 15.0 Å². The zero-order valence-electron chi connectivity index (χ0n) is 16.0. The van der Waals surface area contributed by atoms with E-state index in [2.05, 4.69) is 10.5 Å². The molecule has 7 heteroatoms. The molecule has 1 atom stereocenters. The van der Waals surface area contributed by atoms with Crippen LogP contribution in [-0.4, -0.2) is 30.6 Å². The zero-order chi connectivity index (χ0) is 20.2. The SMILES string of the molecule is COc1cccc(N2CC(C(=O)NCc3cc(-c4ccccc4)on3)CC2=O)c1. The van der Waals surface area contributed by atoms with Crippen LogP contribution in [0.2, 0.25) is 0 Å². The molecule has 0 saturated carbocycles. The highest BCUT2D eigenvalue weighted by Gasteiger charge is 2.35. The molecule has 0 radical (unpaired) electrons. The summed E-state index contributed by atoms with van der Waals surface area (Å²) in [4.78, 5) is 26.6. The van der Waals surface area contributed by atoms with Gasteiger partial charge in [0.25, 0.3) is 0 Å². The molecule has 3 aromatic rings. The molecule has 2 amide bonds. The van der Waals surface area contributed by atoms with Crippen LogP contribution in [0.4, 0.5) is 5.69 Å². The molecule has 7 nitrogen and oxygen atoms in total. The number of nitrogens with one attached hydrogen (secondary N) is 1. The maximum absolute atomic E-state index is 12.6. The Morgan fingerprint density at radius 1 is 1.21 bits per heavy atom. The minimum Gasteiger partial charge on any atom is -0.497 e. The van der Waals surface area contributed by atoms with Crippen molar-refractivity contribution >= 4 is 17.5 Å². The predicted molar refractivity (Wildman–Crippen MR) is 107 cm³/mol. The van der Waals surface area contributed by atoms with Crippen molar-refractivity contribution in [2.45, 2.75) is 13.0 Å². The predicted octanol–water partition coefficient (Wildman–Crippen LogP) is 3.02. The van der Waals surface area contributed by atoms with Crippen molar-refractivity contribution in [3.8, 4) is 17.1 Å². The number of benzene rings is 2. The molecule has 148 valence electrons. The third-order valence-corrected chi connectivity index (χ3v) is 4.92. The van der Waals surface area contributed by atoms with E-state index in [0.29, 0.717) is 23.7 Å². The van der Waals surface area contributed by atoms with Crippen molar-refractivity contribution in [3.63, 3.8) is 0 Å². The fourth-order valence-electron chi connectivity index (χ4n) is 3.37. The van der Waals surface area contributed by atoms with Crippen molar-refractivity contribution in [1.29, 1.82) is 0 Å². The van der Waals surface area contributed by atoms with Crippen molar-refractivity contribution in [3.05, 3.63) is 66.4 Å². The van der Waals surface area contributed by atoms with Crippen LogP contribution in [0.1, 0.15) is 12.1 Å². The number of anilines is 1. The molecule has 1 N–H and O–H groups in total. The standard InChI is InChI=1S/C22H21N3O4/c1-28-19-9-5-8-18(12-19)25-14-16(10-21(25)26)22(27)23-13-17-11-20(29-24-17)15-6-3-2-4-7-15/h2-9,11-12,16H,10,13-14H2,1H3,(H,23,27). The molecule has 29 heavy (non-hydrogen) atoms. The molecule has 1 aliphatic heterocycles. The Labute approximate surface area is 168 Å². The third kappa shape index (κ3) is 4.13. The van der Waals surface area contributed by atoms with Crippen LogP contribution in [0, 0.1) is 5.92 Å². The van der Waals surface area contributed by atoms with E-state index in [-0.39, 0.29) is 24.8 Å². The maximum atomic E-state index is 12.6. The lowest BCUT2D eigenvalue weighted by Gasteiger charge is -2.17. The molecule has 0 aliphatic carbocycles. The Morgan fingerprint density at radius 2 is 2.03 bits per heavy atom. The number of rotatable bonds is 6. The summed E-state index contributed by atoms with van der Waals surface area (Å²) < 4.78 is 10.6. The Morgan fingerprint density at radius 3 is 2.83 bits per heavy atom. The van der Waals surface area contributed by atoms with Gasteiger partial charge in [-0.15, -0.1) is 0 Å². The normalized spacial score (nSPS) is 16.1. The summed E-state index contributed by atoms with van der Waals surface area (Å²) in [6.07, 6.45) is 0.178. The van der Waals surface area contributed by atoms with Crippen molar-refractivity contribution in [2.75, 3.05) is 18.6 Å². The fraction of sp³-hybridized carbons (Fsp3) is 0.227. The summed E-state index contributed by atoms with van der Waals surface area (Å²) in [6.45, 7) is 0.588. The number of hydrogen-bond acceptors (Lipinski definition) is 5. The molecule has 2 heterocycles.